The van der Waals surface area contributed by atoms with Crippen LogP contribution in [0.1, 0.15) is 12.0 Å². The van der Waals surface area contributed by atoms with Crippen molar-refractivity contribution in [2.24, 2.45) is 0 Å². The van der Waals surface area contributed by atoms with E-state index >= 15 is 0 Å². The first-order chi connectivity index (χ1) is 12.7. The lowest BCUT2D eigenvalue weighted by atomic mass is 10.1. The lowest BCUT2D eigenvalue weighted by Gasteiger charge is -2.17. The molecule has 0 heterocycles. The van der Waals surface area contributed by atoms with Crippen LogP contribution in [0, 0.1) is 0 Å². The molecule has 140 valence electrons. The summed E-state index contributed by atoms with van der Waals surface area (Å²) in [6, 6.07) is 17.9. The minimum absolute atomic E-state index is 0.0397. The highest BCUT2D eigenvalue weighted by molar-refractivity contribution is 5.77. The molecule has 0 aromatic heterocycles. The maximum absolute atomic E-state index is 12.0. The number of methoxy groups -OCH3 is 1. The predicted octanol–water partition coefficient (Wildman–Crippen LogP) is 2.75. The average molecular weight is 356 g/mol. The molecule has 0 atom stereocenters. The predicted molar refractivity (Wildman–Crippen MR) is 104 cm³/mol. The Bertz CT molecular complexity index is 661. The van der Waals surface area contributed by atoms with Gasteiger partial charge in [0.15, 0.2) is 11.5 Å². The number of nitrogens with zero attached hydrogens (tertiary/aromatic N) is 1. The van der Waals surface area contributed by atoms with Crippen molar-refractivity contribution < 1.29 is 14.3 Å². The molecular weight excluding hydrogens is 328 g/mol. The Morgan fingerprint density at radius 1 is 1.04 bits per heavy atom. The molecule has 0 fully saturated rings. The number of hydrogen-bond acceptors (Lipinski definition) is 4. The molecule has 0 unspecified atom stereocenters. The number of benzene rings is 2. The fourth-order valence-electron chi connectivity index (χ4n) is 2.59. The number of carbonyl (C=O) groups excluding carboxylic acids is 1. The maximum Gasteiger partial charge on any atom is 0.234 e. The van der Waals surface area contributed by atoms with E-state index in [2.05, 4.69) is 17.4 Å². The Kier molecular flexibility index (Phi) is 8.49. The average Bonchev–Trinajstić information content (AvgIpc) is 2.66. The third kappa shape index (κ3) is 7.15. The van der Waals surface area contributed by atoms with E-state index < -0.39 is 0 Å². The molecule has 5 heteroatoms. The van der Waals surface area contributed by atoms with Crippen LogP contribution in [-0.2, 0) is 11.2 Å². The van der Waals surface area contributed by atoms with Crippen molar-refractivity contribution in [1.29, 1.82) is 0 Å². The van der Waals surface area contributed by atoms with Gasteiger partial charge in [-0.25, -0.2) is 0 Å². The number of aryl methyl sites for hydroxylation is 1. The van der Waals surface area contributed by atoms with Crippen LogP contribution in [0.15, 0.2) is 54.6 Å². The van der Waals surface area contributed by atoms with Gasteiger partial charge >= 0.3 is 0 Å². The van der Waals surface area contributed by atoms with Crippen molar-refractivity contribution in [3.8, 4) is 11.5 Å². The molecule has 1 N–H and O–H groups in total. The normalized spacial score (nSPS) is 10.6. The molecular formula is C21H28N2O3. The Hall–Kier alpha value is -2.53. The van der Waals surface area contributed by atoms with Gasteiger partial charge in [-0.15, -0.1) is 0 Å². The second kappa shape index (κ2) is 11.2. The van der Waals surface area contributed by atoms with Crippen molar-refractivity contribution >= 4 is 5.91 Å². The van der Waals surface area contributed by atoms with Gasteiger partial charge in [0.25, 0.3) is 0 Å². The van der Waals surface area contributed by atoms with Crippen LogP contribution in [0.2, 0.25) is 0 Å². The second-order valence-corrected chi connectivity index (χ2v) is 6.18. The van der Waals surface area contributed by atoms with Gasteiger partial charge in [0.1, 0.15) is 6.61 Å². The summed E-state index contributed by atoms with van der Waals surface area (Å²) in [6.07, 6.45) is 1.92. The lowest BCUT2D eigenvalue weighted by Crippen LogP contribution is -2.37. The van der Waals surface area contributed by atoms with Crippen LogP contribution in [0.4, 0.5) is 0 Å². The van der Waals surface area contributed by atoms with E-state index in [1.807, 2.05) is 54.4 Å². The van der Waals surface area contributed by atoms with Gasteiger partial charge in [0.2, 0.25) is 5.91 Å². The number of ether oxygens (including phenoxy) is 2. The van der Waals surface area contributed by atoms with Crippen LogP contribution >= 0.6 is 0 Å². The van der Waals surface area contributed by atoms with Crippen molar-refractivity contribution in [1.82, 2.24) is 10.2 Å². The molecule has 5 nitrogen and oxygen atoms in total. The first-order valence-corrected chi connectivity index (χ1v) is 8.94. The summed E-state index contributed by atoms with van der Waals surface area (Å²) in [5.41, 5.74) is 1.30. The highest BCUT2D eigenvalue weighted by atomic mass is 16.5. The van der Waals surface area contributed by atoms with Crippen LogP contribution in [0.25, 0.3) is 0 Å². The standard InChI is InChI=1S/C21H28N2O3/c1-23(15-16-26-20-13-7-6-12-19(20)25-2)17-21(24)22-14-8-11-18-9-4-3-5-10-18/h3-7,9-10,12-13H,8,11,14-17H2,1-2H3,(H,22,24). The third-order valence-corrected chi connectivity index (χ3v) is 4.02. The van der Waals surface area contributed by atoms with Crippen molar-refractivity contribution in [2.45, 2.75) is 12.8 Å². The first-order valence-electron chi connectivity index (χ1n) is 8.94. The monoisotopic (exact) mass is 356 g/mol. The zero-order chi connectivity index (χ0) is 18.6. The fourth-order valence-corrected chi connectivity index (χ4v) is 2.59. The van der Waals surface area contributed by atoms with Gasteiger partial charge in [-0.2, -0.15) is 0 Å². The van der Waals surface area contributed by atoms with E-state index in [1.54, 1.807) is 7.11 Å². The van der Waals surface area contributed by atoms with Crippen LogP contribution in [0.5, 0.6) is 11.5 Å². The fraction of sp³-hybridized carbons (Fsp3) is 0.381. The summed E-state index contributed by atoms with van der Waals surface area (Å²) >= 11 is 0. The van der Waals surface area contributed by atoms with Crippen LogP contribution in [-0.4, -0.2) is 51.2 Å². The van der Waals surface area contributed by atoms with Crippen LogP contribution in [0.3, 0.4) is 0 Å². The SMILES string of the molecule is COc1ccccc1OCCN(C)CC(=O)NCCCc1ccccc1. The molecule has 0 saturated heterocycles. The molecule has 0 bridgehead atoms. The summed E-state index contributed by atoms with van der Waals surface area (Å²) in [7, 11) is 3.53. The van der Waals surface area contributed by atoms with E-state index in [9.17, 15) is 4.79 Å². The molecule has 0 spiro atoms. The van der Waals surface area contributed by atoms with E-state index in [0.717, 1.165) is 12.8 Å². The Labute approximate surface area is 155 Å². The minimum atomic E-state index is 0.0397. The number of likely N-dealkylation sites (N-methyl/N-ethyl adjacent to an activating group) is 1. The van der Waals surface area contributed by atoms with Crippen molar-refractivity contribution in [3.63, 3.8) is 0 Å². The smallest absolute Gasteiger partial charge is 0.234 e. The van der Waals surface area contributed by atoms with E-state index in [-0.39, 0.29) is 5.91 Å². The Balaban J connectivity index is 1.58. The highest BCUT2D eigenvalue weighted by Crippen LogP contribution is 2.25. The first kappa shape index (κ1) is 19.8. The summed E-state index contributed by atoms with van der Waals surface area (Å²) in [5, 5.41) is 2.97. The molecule has 0 aliphatic carbocycles. The van der Waals surface area contributed by atoms with Crippen molar-refractivity contribution in [2.75, 3.05) is 40.4 Å². The van der Waals surface area contributed by atoms with Gasteiger partial charge in [0, 0.05) is 13.1 Å². The summed E-state index contributed by atoms with van der Waals surface area (Å²) in [5.74, 6) is 1.47. The number of para-hydroxylation sites is 2. The molecule has 0 aliphatic rings. The van der Waals surface area contributed by atoms with E-state index in [4.69, 9.17) is 9.47 Å². The molecule has 26 heavy (non-hydrogen) atoms. The molecule has 2 aromatic rings. The third-order valence-electron chi connectivity index (χ3n) is 4.02. The Morgan fingerprint density at radius 2 is 1.73 bits per heavy atom. The van der Waals surface area contributed by atoms with Crippen LogP contribution < -0.4 is 14.8 Å². The molecule has 2 aromatic carbocycles. The number of amides is 1. The van der Waals surface area contributed by atoms with Gasteiger partial charge in [-0.1, -0.05) is 42.5 Å². The number of rotatable bonds is 11. The number of carbonyl (C=O) groups is 1. The second-order valence-electron chi connectivity index (χ2n) is 6.18. The molecule has 2 rings (SSSR count). The van der Waals surface area contributed by atoms with Gasteiger partial charge in [-0.3, -0.25) is 9.69 Å². The molecule has 0 aliphatic heterocycles. The Morgan fingerprint density at radius 3 is 2.46 bits per heavy atom. The topological polar surface area (TPSA) is 50.8 Å². The molecule has 1 amide bonds. The lowest BCUT2D eigenvalue weighted by molar-refractivity contribution is -0.122. The van der Waals surface area contributed by atoms with Gasteiger partial charge < -0.3 is 14.8 Å². The van der Waals surface area contributed by atoms with Gasteiger partial charge in [0.05, 0.1) is 13.7 Å². The molecule has 0 radical (unpaired) electrons. The minimum Gasteiger partial charge on any atom is -0.493 e. The van der Waals surface area contributed by atoms with Crippen molar-refractivity contribution in [3.05, 3.63) is 60.2 Å². The summed E-state index contributed by atoms with van der Waals surface area (Å²) in [4.78, 5) is 13.9. The summed E-state index contributed by atoms with van der Waals surface area (Å²) in [6.45, 7) is 2.22. The quantitative estimate of drug-likeness (QED) is 0.629. The molecule has 0 saturated carbocycles. The number of nitrogens with one attached hydrogen (secondary N) is 1. The zero-order valence-corrected chi connectivity index (χ0v) is 15.6. The number of hydrogen-bond donors (Lipinski definition) is 1. The largest absolute Gasteiger partial charge is 0.493 e. The highest BCUT2D eigenvalue weighted by Gasteiger charge is 2.07. The summed E-state index contributed by atoms with van der Waals surface area (Å²) < 4.78 is 11.0. The zero-order valence-electron chi connectivity index (χ0n) is 15.6. The van der Waals surface area contributed by atoms with Gasteiger partial charge in [-0.05, 0) is 37.6 Å². The maximum atomic E-state index is 12.0. The van der Waals surface area contributed by atoms with E-state index in [1.165, 1.54) is 5.56 Å². The van der Waals surface area contributed by atoms with E-state index in [0.29, 0.717) is 37.7 Å².